The molecule has 1 aromatic heterocycles. The standard InChI is InChI=1S/C26H21F3N4O/c1-14-9-15(10-16-13-33(3)8-7-17(14)16)25-19-11-18(21(30-2)12-22(19)31-32-25)24-20(27)5-4-6-23(24)34-26(28)29/h4-6,9-12,26H,7-8,13H2,1,3H3,(H,31,32)/i3D3. The summed E-state index contributed by atoms with van der Waals surface area (Å²) in [4.78, 5) is 4.93. The zero-order valence-corrected chi connectivity index (χ0v) is 18.1. The summed E-state index contributed by atoms with van der Waals surface area (Å²) < 4.78 is 68.9. The van der Waals surface area contributed by atoms with Gasteiger partial charge in [0.05, 0.1) is 17.8 Å². The van der Waals surface area contributed by atoms with Crippen molar-refractivity contribution in [2.75, 3.05) is 13.5 Å². The largest absolute Gasteiger partial charge is 0.434 e. The maximum absolute atomic E-state index is 14.9. The summed E-state index contributed by atoms with van der Waals surface area (Å²) in [6.45, 7) is 4.87. The Morgan fingerprint density at radius 1 is 1.26 bits per heavy atom. The number of nitrogens with one attached hydrogen (secondary N) is 1. The Bertz CT molecular complexity index is 1560. The topological polar surface area (TPSA) is 45.5 Å². The van der Waals surface area contributed by atoms with E-state index in [0.717, 1.165) is 22.8 Å². The number of H-pyrrole nitrogens is 1. The minimum Gasteiger partial charge on any atom is -0.434 e. The van der Waals surface area contributed by atoms with Crippen molar-refractivity contribution in [2.45, 2.75) is 26.5 Å². The van der Waals surface area contributed by atoms with Gasteiger partial charge in [0.15, 0.2) is 5.69 Å². The maximum atomic E-state index is 14.9. The van der Waals surface area contributed by atoms with Gasteiger partial charge in [-0.15, -0.1) is 0 Å². The number of likely N-dealkylation sites (N-methyl/N-ethyl adjacent to an activating group) is 1. The molecule has 0 radical (unpaired) electrons. The second kappa shape index (κ2) is 8.50. The van der Waals surface area contributed by atoms with Crippen molar-refractivity contribution in [3.63, 3.8) is 0 Å². The summed E-state index contributed by atoms with van der Waals surface area (Å²) in [5.74, 6) is -1.18. The van der Waals surface area contributed by atoms with Gasteiger partial charge in [-0.3, -0.25) is 5.10 Å². The van der Waals surface area contributed by atoms with Gasteiger partial charge in [0, 0.05) is 33.7 Å². The van der Waals surface area contributed by atoms with E-state index in [1.165, 1.54) is 23.1 Å². The third-order valence-corrected chi connectivity index (χ3v) is 6.09. The normalized spacial score (nSPS) is 15.5. The molecule has 0 fully saturated rings. The number of ether oxygens (including phenoxy) is 1. The summed E-state index contributed by atoms with van der Waals surface area (Å²) in [6.07, 6.45) is 0.611. The van der Waals surface area contributed by atoms with E-state index in [4.69, 9.17) is 10.7 Å². The molecule has 0 atom stereocenters. The fourth-order valence-electron chi connectivity index (χ4n) is 4.58. The summed E-state index contributed by atoms with van der Waals surface area (Å²) in [5, 5.41) is 7.88. The van der Waals surface area contributed by atoms with E-state index in [-0.39, 0.29) is 29.1 Å². The highest BCUT2D eigenvalue weighted by Crippen LogP contribution is 2.43. The molecule has 0 bridgehead atoms. The van der Waals surface area contributed by atoms with E-state index in [2.05, 4.69) is 19.8 Å². The number of alkyl halides is 2. The van der Waals surface area contributed by atoms with E-state index >= 15 is 0 Å². The zero-order valence-electron chi connectivity index (χ0n) is 21.1. The van der Waals surface area contributed by atoms with Crippen LogP contribution in [0.5, 0.6) is 5.75 Å². The van der Waals surface area contributed by atoms with Crippen LogP contribution in [0.2, 0.25) is 0 Å². The zero-order chi connectivity index (χ0) is 26.5. The number of fused-ring (bicyclic) bond motifs is 2. The predicted molar refractivity (Wildman–Crippen MR) is 125 cm³/mol. The van der Waals surface area contributed by atoms with Gasteiger partial charge in [0.2, 0.25) is 0 Å². The first kappa shape index (κ1) is 18.6. The number of benzene rings is 3. The number of aryl methyl sites for hydroxylation is 1. The number of hydrogen-bond donors (Lipinski definition) is 1. The summed E-state index contributed by atoms with van der Waals surface area (Å²) in [6, 6.07) is 10.5. The fraction of sp³-hybridized carbons (Fsp3) is 0.231. The number of rotatable bonds is 4. The van der Waals surface area contributed by atoms with Gasteiger partial charge in [0.25, 0.3) is 0 Å². The van der Waals surface area contributed by atoms with Gasteiger partial charge in [0.1, 0.15) is 11.6 Å². The Morgan fingerprint density at radius 3 is 2.88 bits per heavy atom. The number of halogens is 3. The molecule has 0 saturated heterocycles. The molecule has 172 valence electrons. The minimum absolute atomic E-state index is 0.0434. The van der Waals surface area contributed by atoms with Crippen LogP contribution in [0.1, 0.15) is 20.8 Å². The quantitative estimate of drug-likeness (QED) is 0.351. The number of nitrogens with zero attached hydrogens (tertiary/aromatic N) is 3. The fourth-order valence-corrected chi connectivity index (χ4v) is 4.58. The Kier molecular flexibility index (Phi) is 4.65. The number of aromatic nitrogens is 2. The monoisotopic (exact) mass is 465 g/mol. The average Bonchev–Trinajstić information content (AvgIpc) is 3.25. The first-order valence-corrected chi connectivity index (χ1v) is 10.6. The molecular formula is C26H21F3N4O. The maximum Gasteiger partial charge on any atom is 0.387 e. The average molecular weight is 465 g/mol. The van der Waals surface area contributed by atoms with Crippen LogP contribution in [0.4, 0.5) is 18.9 Å². The van der Waals surface area contributed by atoms with Crippen molar-refractivity contribution < 1.29 is 22.0 Å². The molecule has 5 rings (SSSR count). The lowest BCUT2D eigenvalue weighted by Crippen LogP contribution is -2.27. The summed E-state index contributed by atoms with van der Waals surface area (Å²) >= 11 is 0. The van der Waals surface area contributed by atoms with Crippen molar-refractivity contribution in [3.05, 3.63) is 76.4 Å². The van der Waals surface area contributed by atoms with E-state index in [1.54, 1.807) is 6.07 Å². The van der Waals surface area contributed by atoms with Crippen LogP contribution in [0.15, 0.2) is 42.5 Å². The molecule has 0 unspecified atom stereocenters. The lowest BCUT2D eigenvalue weighted by atomic mass is 9.91. The molecule has 1 aliphatic heterocycles. The lowest BCUT2D eigenvalue weighted by molar-refractivity contribution is -0.0495. The van der Waals surface area contributed by atoms with Crippen LogP contribution >= 0.6 is 0 Å². The Balaban J connectivity index is 1.67. The van der Waals surface area contributed by atoms with Gasteiger partial charge in [-0.05, 0) is 72.9 Å². The molecule has 0 spiro atoms. The highest BCUT2D eigenvalue weighted by atomic mass is 19.3. The molecule has 34 heavy (non-hydrogen) atoms. The molecular weight excluding hydrogens is 441 g/mol. The highest BCUT2D eigenvalue weighted by Gasteiger charge is 2.22. The minimum atomic E-state index is -3.17. The molecule has 8 heteroatoms. The van der Waals surface area contributed by atoms with Crippen molar-refractivity contribution in [2.24, 2.45) is 0 Å². The van der Waals surface area contributed by atoms with Crippen molar-refractivity contribution in [1.29, 1.82) is 0 Å². The van der Waals surface area contributed by atoms with Crippen LogP contribution in [0, 0.1) is 19.3 Å². The number of hydrogen-bond acceptors (Lipinski definition) is 3. The third kappa shape index (κ3) is 3.78. The lowest BCUT2D eigenvalue weighted by Gasteiger charge is -2.26. The smallest absolute Gasteiger partial charge is 0.387 e. The van der Waals surface area contributed by atoms with Crippen LogP contribution in [0.25, 0.3) is 38.1 Å². The molecule has 1 N–H and O–H groups in total. The van der Waals surface area contributed by atoms with E-state index in [1.807, 2.05) is 19.1 Å². The summed E-state index contributed by atoms with van der Waals surface area (Å²) in [7, 11) is 0. The molecule has 4 aromatic rings. The molecule has 5 nitrogen and oxygen atoms in total. The van der Waals surface area contributed by atoms with Crippen LogP contribution in [-0.2, 0) is 13.0 Å². The van der Waals surface area contributed by atoms with Crippen LogP contribution < -0.4 is 4.74 Å². The Morgan fingerprint density at radius 2 is 2.12 bits per heavy atom. The Labute approximate surface area is 198 Å². The van der Waals surface area contributed by atoms with Gasteiger partial charge < -0.3 is 9.64 Å². The van der Waals surface area contributed by atoms with E-state index in [9.17, 15) is 13.2 Å². The molecule has 0 amide bonds. The second-order valence-electron chi connectivity index (χ2n) is 8.19. The molecule has 2 heterocycles. The van der Waals surface area contributed by atoms with Crippen LogP contribution in [-0.4, -0.2) is 35.2 Å². The van der Waals surface area contributed by atoms with Crippen molar-refractivity contribution in [1.82, 2.24) is 15.1 Å². The number of aromatic amines is 1. The first-order chi connectivity index (χ1) is 17.6. The highest BCUT2D eigenvalue weighted by molar-refractivity contribution is 6.00. The van der Waals surface area contributed by atoms with Gasteiger partial charge >= 0.3 is 6.61 Å². The van der Waals surface area contributed by atoms with Crippen molar-refractivity contribution in [3.8, 4) is 28.1 Å². The summed E-state index contributed by atoms with van der Waals surface area (Å²) in [5.41, 5.74) is 4.62. The van der Waals surface area contributed by atoms with Gasteiger partial charge in [-0.25, -0.2) is 9.24 Å². The second-order valence-corrected chi connectivity index (χ2v) is 8.19. The Hall–Kier alpha value is -3.83. The van der Waals surface area contributed by atoms with Crippen molar-refractivity contribution >= 4 is 16.6 Å². The molecule has 0 aliphatic carbocycles. The predicted octanol–water partition coefficient (Wildman–Crippen LogP) is 6.48. The molecule has 0 saturated carbocycles. The molecule has 1 aliphatic rings. The van der Waals surface area contributed by atoms with E-state index in [0.29, 0.717) is 35.1 Å². The van der Waals surface area contributed by atoms with Gasteiger partial charge in [-0.1, -0.05) is 12.1 Å². The van der Waals surface area contributed by atoms with Crippen LogP contribution in [0.3, 0.4) is 0 Å². The van der Waals surface area contributed by atoms with Gasteiger partial charge in [-0.2, -0.15) is 13.9 Å². The van der Waals surface area contributed by atoms with E-state index < -0.39 is 19.4 Å². The first-order valence-electron chi connectivity index (χ1n) is 12.1. The molecule has 3 aromatic carbocycles. The SMILES string of the molecule is [2H]C([2H])([2H])N1CCc2c(C)cc(-c3n[nH]c4cc([N+]#[C-])c(-c5c(F)cccc5OC(F)F)cc34)cc2C1. The third-order valence-electron chi connectivity index (χ3n) is 6.09.